The number of aliphatic hydroxyl groups is 1. The first-order chi connectivity index (χ1) is 12.3. The van der Waals surface area contributed by atoms with Crippen LogP contribution in [0.5, 0.6) is 0 Å². The zero-order chi connectivity index (χ0) is 17.5. The van der Waals surface area contributed by atoms with Crippen molar-refractivity contribution in [3.05, 3.63) is 36.2 Å². The quantitative estimate of drug-likeness (QED) is 0.745. The summed E-state index contributed by atoms with van der Waals surface area (Å²) in [4.78, 5) is 12.0. The number of carbonyl (C=O) groups is 1. The van der Waals surface area contributed by atoms with E-state index >= 15 is 0 Å². The highest BCUT2D eigenvalue weighted by Gasteiger charge is 2.25. The fourth-order valence-electron chi connectivity index (χ4n) is 3.17. The molecule has 0 saturated heterocycles. The molecule has 1 fully saturated rings. The van der Waals surface area contributed by atoms with Gasteiger partial charge in [0.25, 0.3) is 0 Å². The summed E-state index contributed by atoms with van der Waals surface area (Å²) in [6.07, 6.45) is 4.56. The van der Waals surface area contributed by atoms with Gasteiger partial charge in [0, 0.05) is 37.1 Å². The number of aliphatic hydroxyl groups excluding tert-OH is 1. The van der Waals surface area contributed by atoms with E-state index in [1.54, 1.807) is 0 Å². The average molecular weight is 344 g/mol. The van der Waals surface area contributed by atoms with Crippen molar-refractivity contribution in [2.75, 3.05) is 13.2 Å². The van der Waals surface area contributed by atoms with E-state index in [2.05, 4.69) is 20.8 Å². The third kappa shape index (κ3) is 4.79. The second kappa shape index (κ2) is 8.62. The van der Waals surface area contributed by atoms with Gasteiger partial charge in [0.15, 0.2) is 0 Å². The molecule has 0 bridgehead atoms. The molecule has 2 amide bonds. The van der Waals surface area contributed by atoms with E-state index in [0.29, 0.717) is 24.7 Å². The van der Waals surface area contributed by atoms with Crippen LogP contribution in [0, 0.1) is 5.92 Å². The largest absolute Gasteiger partial charge is 0.421 e. The van der Waals surface area contributed by atoms with Gasteiger partial charge in [-0.2, -0.15) is 0 Å². The summed E-state index contributed by atoms with van der Waals surface area (Å²) in [5.41, 5.74) is 0.874. The normalized spacial score (nSPS) is 20.2. The van der Waals surface area contributed by atoms with E-state index in [-0.39, 0.29) is 24.6 Å². The molecule has 134 valence electrons. The number of amides is 2. The first-order valence-corrected chi connectivity index (χ1v) is 8.79. The molecule has 1 saturated carbocycles. The molecular weight excluding hydrogens is 320 g/mol. The average Bonchev–Trinajstić information content (AvgIpc) is 3.12. The van der Waals surface area contributed by atoms with Crippen molar-refractivity contribution >= 4 is 6.03 Å². The lowest BCUT2D eigenvalue weighted by atomic mass is 9.85. The number of hydrogen-bond donors (Lipinski definition) is 3. The lowest BCUT2D eigenvalue weighted by Gasteiger charge is -2.30. The van der Waals surface area contributed by atoms with Crippen LogP contribution in [-0.2, 0) is 6.42 Å². The molecule has 2 aromatic rings. The molecule has 1 heterocycles. The monoisotopic (exact) mass is 344 g/mol. The number of nitrogens with one attached hydrogen (secondary N) is 2. The highest BCUT2D eigenvalue weighted by molar-refractivity contribution is 5.74. The van der Waals surface area contributed by atoms with Gasteiger partial charge in [0.05, 0.1) is 0 Å². The van der Waals surface area contributed by atoms with Crippen LogP contribution >= 0.6 is 0 Å². The molecule has 3 rings (SSSR count). The third-order valence-electron chi connectivity index (χ3n) is 4.57. The lowest BCUT2D eigenvalue weighted by molar-refractivity contribution is 0.153. The number of benzene rings is 1. The molecule has 7 heteroatoms. The molecule has 0 radical (unpaired) electrons. The first kappa shape index (κ1) is 17.4. The smallest absolute Gasteiger partial charge is 0.315 e. The van der Waals surface area contributed by atoms with E-state index < -0.39 is 0 Å². The van der Waals surface area contributed by atoms with Gasteiger partial charge < -0.3 is 20.2 Å². The summed E-state index contributed by atoms with van der Waals surface area (Å²) in [6, 6.07) is 9.40. The van der Waals surface area contributed by atoms with Gasteiger partial charge in [0.1, 0.15) is 0 Å². The van der Waals surface area contributed by atoms with Crippen LogP contribution in [0.1, 0.15) is 31.6 Å². The van der Waals surface area contributed by atoms with Gasteiger partial charge in [-0.25, -0.2) is 4.79 Å². The predicted molar refractivity (Wildman–Crippen MR) is 92.8 cm³/mol. The van der Waals surface area contributed by atoms with Crippen molar-refractivity contribution in [3.63, 3.8) is 0 Å². The highest BCUT2D eigenvalue weighted by atomic mass is 16.4. The third-order valence-corrected chi connectivity index (χ3v) is 4.57. The molecule has 1 aliphatic carbocycles. The number of nitrogens with zero attached hydrogens (tertiary/aromatic N) is 2. The fourth-order valence-corrected chi connectivity index (χ4v) is 3.17. The highest BCUT2D eigenvalue weighted by Crippen LogP contribution is 2.23. The fraction of sp³-hybridized carbons (Fsp3) is 0.500. The Morgan fingerprint density at radius 1 is 1.20 bits per heavy atom. The number of carbonyl (C=O) groups excluding carboxylic acids is 1. The maximum atomic E-state index is 12.0. The van der Waals surface area contributed by atoms with Crippen molar-refractivity contribution in [2.24, 2.45) is 5.92 Å². The number of rotatable bonds is 6. The molecule has 2 atom stereocenters. The Balaban J connectivity index is 1.43. The zero-order valence-corrected chi connectivity index (χ0v) is 14.1. The van der Waals surface area contributed by atoms with Crippen LogP contribution in [-0.4, -0.2) is 40.5 Å². The molecule has 7 nitrogen and oxygen atoms in total. The minimum absolute atomic E-state index is 0.0480. The van der Waals surface area contributed by atoms with Crippen molar-refractivity contribution in [3.8, 4) is 11.5 Å². The summed E-state index contributed by atoms with van der Waals surface area (Å²) in [7, 11) is 0. The van der Waals surface area contributed by atoms with Gasteiger partial charge >= 0.3 is 6.03 Å². The van der Waals surface area contributed by atoms with Gasteiger partial charge in [-0.05, 0) is 25.0 Å². The van der Waals surface area contributed by atoms with Gasteiger partial charge in [-0.3, -0.25) is 0 Å². The van der Waals surface area contributed by atoms with Crippen LogP contribution in [0.25, 0.3) is 11.5 Å². The Morgan fingerprint density at radius 2 is 2.00 bits per heavy atom. The maximum absolute atomic E-state index is 12.0. The standard InChI is InChI=1S/C18H24N4O3/c23-12-14-8-4-5-9-15(14)20-18(24)19-11-10-16-21-22-17(25-16)13-6-2-1-3-7-13/h1-3,6-7,14-15,23H,4-5,8-12H2,(H2,19,20,24). The summed E-state index contributed by atoms with van der Waals surface area (Å²) in [6.45, 7) is 0.536. The second-order valence-corrected chi connectivity index (χ2v) is 6.35. The van der Waals surface area contributed by atoms with Gasteiger partial charge in [-0.1, -0.05) is 31.0 Å². The Morgan fingerprint density at radius 3 is 2.80 bits per heavy atom. The van der Waals surface area contributed by atoms with Crippen LogP contribution in [0.15, 0.2) is 34.7 Å². The van der Waals surface area contributed by atoms with E-state index in [1.165, 1.54) is 0 Å². The molecule has 1 aliphatic rings. The molecule has 2 unspecified atom stereocenters. The summed E-state index contributed by atoms with van der Waals surface area (Å²) >= 11 is 0. The van der Waals surface area contributed by atoms with E-state index in [1.807, 2.05) is 30.3 Å². The molecule has 1 aromatic carbocycles. The number of urea groups is 1. The Kier molecular flexibility index (Phi) is 6.00. The summed E-state index contributed by atoms with van der Waals surface area (Å²) in [5, 5.41) is 23.2. The van der Waals surface area contributed by atoms with Gasteiger partial charge in [-0.15, -0.1) is 10.2 Å². The topological polar surface area (TPSA) is 100 Å². The zero-order valence-electron chi connectivity index (χ0n) is 14.1. The van der Waals surface area contributed by atoms with E-state index in [0.717, 1.165) is 31.2 Å². The van der Waals surface area contributed by atoms with E-state index in [4.69, 9.17) is 4.42 Å². The van der Waals surface area contributed by atoms with Crippen molar-refractivity contribution in [1.29, 1.82) is 0 Å². The van der Waals surface area contributed by atoms with Crippen molar-refractivity contribution in [1.82, 2.24) is 20.8 Å². The van der Waals surface area contributed by atoms with Crippen LogP contribution in [0.4, 0.5) is 4.79 Å². The minimum atomic E-state index is -0.215. The lowest BCUT2D eigenvalue weighted by Crippen LogP contribution is -2.48. The number of aromatic nitrogens is 2. The molecule has 3 N–H and O–H groups in total. The minimum Gasteiger partial charge on any atom is -0.421 e. The maximum Gasteiger partial charge on any atom is 0.315 e. The summed E-state index contributed by atoms with van der Waals surface area (Å²) in [5.74, 6) is 1.13. The van der Waals surface area contributed by atoms with Crippen LogP contribution < -0.4 is 10.6 Å². The SMILES string of the molecule is O=C(NCCc1nnc(-c2ccccc2)o1)NC1CCCCC1CO. The van der Waals surface area contributed by atoms with Gasteiger partial charge in [0.2, 0.25) is 11.8 Å². The summed E-state index contributed by atoms with van der Waals surface area (Å²) < 4.78 is 5.61. The molecule has 0 aliphatic heterocycles. The van der Waals surface area contributed by atoms with Crippen molar-refractivity contribution < 1.29 is 14.3 Å². The van der Waals surface area contributed by atoms with Crippen LogP contribution in [0.3, 0.4) is 0 Å². The molecule has 1 aromatic heterocycles. The Bertz CT molecular complexity index is 674. The molecule has 25 heavy (non-hydrogen) atoms. The Labute approximate surface area is 146 Å². The predicted octanol–water partition coefficient (Wildman–Crippen LogP) is 2.13. The van der Waals surface area contributed by atoms with E-state index in [9.17, 15) is 9.90 Å². The van der Waals surface area contributed by atoms with Crippen LogP contribution in [0.2, 0.25) is 0 Å². The first-order valence-electron chi connectivity index (χ1n) is 8.79. The number of hydrogen-bond acceptors (Lipinski definition) is 5. The second-order valence-electron chi connectivity index (χ2n) is 6.35. The van der Waals surface area contributed by atoms with Crippen molar-refractivity contribution in [2.45, 2.75) is 38.1 Å². The molecular formula is C18H24N4O3. The molecule has 0 spiro atoms. The Hall–Kier alpha value is -2.41.